The highest BCUT2D eigenvalue weighted by atomic mass is 19.2. The van der Waals surface area contributed by atoms with Crippen LogP contribution >= 0.6 is 0 Å². The van der Waals surface area contributed by atoms with Crippen molar-refractivity contribution in [2.24, 2.45) is 5.92 Å². The van der Waals surface area contributed by atoms with E-state index in [1.807, 2.05) is 30.3 Å². The quantitative estimate of drug-likeness (QED) is 0.362. The van der Waals surface area contributed by atoms with Gasteiger partial charge in [-0.1, -0.05) is 30.3 Å². The Morgan fingerprint density at radius 1 is 0.838 bits per heavy atom. The second kappa shape index (κ2) is 11.8. The first-order valence-corrected chi connectivity index (χ1v) is 12.2. The number of amides is 2. The van der Waals surface area contributed by atoms with E-state index in [-0.39, 0.29) is 43.2 Å². The summed E-state index contributed by atoms with van der Waals surface area (Å²) >= 11 is 0. The molecule has 0 spiro atoms. The summed E-state index contributed by atoms with van der Waals surface area (Å²) in [4.78, 5) is 35.6. The molecule has 7 nitrogen and oxygen atoms in total. The lowest BCUT2D eigenvalue weighted by Crippen LogP contribution is -2.35. The number of benzene rings is 3. The van der Waals surface area contributed by atoms with Crippen LogP contribution in [0, 0.1) is 17.6 Å². The van der Waals surface area contributed by atoms with Crippen molar-refractivity contribution in [2.45, 2.75) is 38.2 Å². The second-order valence-corrected chi connectivity index (χ2v) is 9.17. The van der Waals surface area contributed by atoms with E-state index in [0.717, 1.165) is 16.8 Å². The van der Waals surface area contributed by atoms with Crippen LogP contribution in [0.25, 0.3) is 10.8 Å². The monoisotopic (exact) mass is 510 g/mol. The van der Waals surface area contributed by atoms with Crippen molar-refractivity contribution in [1.29, 1.82) is 0 Å². The lowest BCUT2D eigenvalue weighted by atomic mass is 9.85. The third-order valence-electron chi connectivity index (χ3n) is 6.55. The van der Waals surface area contributed by atoms with Gasteiger partial charge in [-0.2, -0.15) is 4.39 Å². The predicted molar refractivity (Wildman–Crippen MR) is 134 cm³/mol. The van der Waals surface area contributed by atoms with Crippen molar-refractivity contribution in [3.05, 3.63) is 77.4 Å². The number of carboxylic acids is 1. The molecule has 0 saturated heterocycles. The third-order valence-corrected chi connectivity index (χ3v) is 6.55. The van der Waals surface area contributed by atoms with Crippen molar-refractivity contribution >= 4 is 28.6 Å². The molecule has 0 aromatic heterocycles. The highest BCUT2D eigenvalue weighted by molar-refractivity contribution is 5.98. The first kappa shape index (κ1) is 26.1. The van der Waals surface area contributed by atoms with Gasteiger partial charge in [-0.25, -0.2) is 4.39 Å². The number of hydrogen-bond donors (Lipinski definition) is 3. The second-order valence-electron chi connectivity index (χ2n) is 9.17. The van der Waals surface area contributed by atoms with Gasteiger partial charge >= 0.3 is 5.97 Å². The highest BCUT2D eigenvalue weighted by Crippen LogP contribution is 2.31. The summed E-state index contributed by atoms with van der Waals surface area (Å²) < 4.78 is 34.8. The summed E-state index contributed by atoms with van der Waals surface area (Å²) in [6, 6.07) is 15.4. The molecular weight excluding hydrogens is 482 g/mol. The zero-order chi connectivity index (χ0) is 26.4. The average Bonchev–Trinajstić information content (AvgIpc) is 2.89. The van der Waals surface area contributed by atoms with Gasteiger partial charge in [0.25, 0.3) is 11.8 Å². The van der Waals surface area contributed by atoms with Gasteiger partial charge in [0.1, 0.15) is 0 Å². The Kier molecular flexibility index (Phi) is 8.32. The number of nitrogens with one attached hydrogen (secondary N) is 2. The fourth-order valence-corrected chi connectivity index (χ4v) is 4.56. The van der Waals surface area contributed by atoms with E-state index >= 15 is 0 Å². The first-order chi connectivity index (χ1) is 17.8. The van der Waals surface area contributed by atoms with Gasteiger partial charge in [-0.15, -0.1) is 0 Å². The Labute approximate surface area is 212 Å². The molecule has 0 atom stereocenters. The largest absolute Gasteiger partial charge is 0.487 e. The van der Waals surface area contributed by atoms with Crippen LogP contribution in [0.4, 0.5) is 8.78 Å². The zero-order valence-electron chi connectivity index (χ0n) is 20.1. The van der Waals surface area contributed by atoms with Gasteiger partial charge in [0.15, 0.2) is 11.6 Å². The fraction of sp³-hybridized carbons (Fsp3) is 0.321. The van der Waals surface area contributed by atoms with Crippen LogP contribution in [0.3, 0.4) is 0 Å². The van der Waals surface area contributed by atoms with Crippen molar-refractivity contribution < 1.29 is 33.0 Å². The highest BCUT2D eigenvalue weighted by Gasteiger charge is 2.26. The topological polar surface area (TPSA) is 105 Å². The molecule has 3 aromatic rings. The Balaban J connectivity index is 1.26. The molecule has 1 saturated carbocycles. The molecule has 1 aliphatic carbocycles. The molecular formula is C28H28F2N2O5. The van der Waals surface area contributed by atoms with Crippen LogP contribution in [0.1, 0.15) is 52.8 Å². The van der Waals surface area contributed by atoms with Gasteiger partial charge in [0.05, 0.1) is 11.7 Å². The standard InChI is InChI=1S/C28H28F2N2O5/c29-25-22(11-12-23(26(25)30)37-21-9-5-17(6-10-21)15-24(33)34)28(36)32-14-13-31-27(35)20-8-7-18-3-1-2-4-19(18)16-20/h1-4,7-8,11-12,16-17,21H,5-6,9-10,13-15H2,(H,31,35)(H,32,36)(H,33,34). The fourth-order valence-electron chi connectivity index (χ4n) is 4.56. The third kappa shape index (κ3) is 6.61. The molecule has 0 aliphatic heterocycles. The van der Waals surface area contributed by atoms with Gasteiger partial charge in [-0.3, -0.25) is 14.4 Å². The number of fused-ring (bicyclic) bond motifs is 1. The molecule has 3 N–H and O–H groups in total. The molecule has 1 aliphatic rings. The van der Waals surface area contributed by atoms with E-state index < -0.39 is 29.1 Å². The van der Waals surface area contributed by atoms with Gasteiger partial charge < -0.3 is 20.5 Å². The lowest BCUT2D eigenvalue weighted by molar-refractivity contribution is -0.138. The van der Waals surface area contributed by atoms with Crippen molar-refractivity contribution in [2.75, 3.05) is 13.1 Å². The SMILES string of the molecule is O=C(O)CC1CCC(Oc2ccc(C(=O)NCCNC(=O)c3ccc4ccccc4c3)c(F)c2F)CC1. The van der Waals surface area contributed by atoms with E-state index in [1.165, 1.54) is 6.07 Å². The molecule has 2 amide bonds. The molecule has 3 aromatic carbocycles. The number of rotatable bonds is 9. The number of hydrogen-bond acceptors (Lipinski definition) is 4. The Hall–Kier alpha value is -4.01. The Morgan fingerprint density at radius 2 is 1.51 bits per heavy atom. The summed E-state index contributed by atoms with van der Waals surface area (Å²) in [5.74, 6) is -4.74. The zero-order valence-corrected chi connectivity index (χ0v) is 20.1. The van der Waals surface area contributed by atoms with E-state index in [0.29, 0.717) is 31.2 Å². The molecule has 0 radical (unpaired) electrons. The number of ether oxygens (including phenoxy) is 1. The summed E-state index contributed by atoms with van der Waals surface area (Å²) in [6.07, 6.45) is 2.12. The minimum atomic E-state index is -1.31. The van der Waals surface area contributed by atoms with E-state index in [4.69, 9.17) is 9.84 Å². The van der Waals surface area contributed by atoms with Crippen LogP contribution in [0.15, 0.2) is 54.6 Å². The summed E-state index contributed by atoms with van der Waals surface area (Å²) in [5, 5.41) is 16.0. The maximum Gasteiger partial charge on any atom is 0.303 e. The van der Waals surface area contributed by atoms with E-state index in [1.54, 1.807) is 12.1 Å². The normalized spacial score (nSPS) is 17.2. The van der Waals surface area contributed by atoms with Crippen LogP contribution in [-0.2, 0) is 4.79 Å². The summed E-state index contributed by atoms with van der Waals surface area (Å²) in [6.45, 7) is 0.129. The number of aliphatic carboxylic acids is 1. The van der Waals surface area contributed by atoms with Crippen molar-refractivity contribution in [1.82, 2.24) is 10.6 Å². The summed E-state index contributed by atoms with van der Waals surface area (Å²) in [7, 11) is 0. The van der Waals surface area contributed by atoms with Gasteiger partial charge in [0, 0.05) is 25.1 Å². The maximum atomic E-state index is 14.6. The molecule has 1 fully saturated rings. The lowest BCUT2D eigenvalue weighted by Gasteiger charge is -2.28. The minimum Gasteiger partial charge on any atom is -0.487 e. The summed E-state index contributed by atoms with van der Waals surface area (Å²) in [5.41, 5.74) is 0.0139. The van der Waals surface area contributed by atoms with E-state index in [2.05, 4.69) is 10.6 Å². The average molecular weight is 511 g/mol. The van der Waals surface area contributed by atoms with Gasteiger partial charge in [0.2, 0.25) is 5.82 Å². The molecule has 37 heavy (non-hydrogen) atoms. The number of carboxylic acid groups (broad SMARTS) is 1. The van der Waals surface area contributed by atoms with Crippen LogP contribution in [0.5, 0.6) is 5.75 Å². The minimum absolute atomic E-state index is 0.0248. The van der Waals surface area contributed by atoms with Crippen molar-refractivity contribution in [3.63, 3.8) is 0 Å². The Morgan fingerprint density at radius 3 is 2.22 bits per heavy atom. The van der Waals surface area contributed by atoms with E-state index in [9.17, 15) is 23.2 Å². The van der Waals surface area contributed by atoms with Gasteiger partial charge in [-0.05, 0) is 66.6 Å². The molecule has 0 unspecified atom stereocenters. The van der Waals surface area contributed by atoms with Crippen LogP contribution in [-0.4, -0.2) is 42.1 Å². The molecule has 4 rings (SSSR count). The van der Waals surface area contributed by atoms with Crippen LogP contribution in [0.2, 0.25) is 0 Å². The van der Waals surface area contributed by atoms with Crippen molar-refractivity contribution in [3.8, 4) is 5.75 Å². The van der Waals surface area contributed by atoms with Crippen LogP contribution < -0.4 is 15.4 Å². The number of carbonyl (C=O) groups is 3. The molecule has 194 valence electrons. The Bertz CT molecular complexity index is 1300. The predicted octanol–water partition coefficient (Wildman–Crippen LogP) is 4.69. The molecule has 9 heteroatoms. The molecule has 0 bridgehead atoms. The molecule has 0 heterocycles. The number of carbonyl (C=O) groups excluding carboxylic acids is 2. The smallest absolute Gasteiger partial charge is 0.303 e. The first-order valence-electron chi connectivity index (χ1n) is 12.2. The maximum absolute atomic E-state index is 14.6. The number of halogens is 2.